The summed E-state index contributed by atoms with van der Waals surface area (Å²) in [6.45, 7) is 3.19. The highest BCUT2D eigenvalue weighted by atomic mass is 32.2. The predicted molar refractivity (Wildman–Crippen MR) is 195 cm³/mol. The Kier molecular flexibility index (Phi) is 7.50. The van der Waals surface area contributed by atoms with Crippen LogP contribution in [0.25, 0.3) is 21.3 Å². The van der Waals surface area contributed by atoms with Gasteiger partial charge in [0.2, 0.25) is 0 Å². The van der Waals surface area contributed by atoms with E-state index < -0.39 is 5.97 Å². The molecule has 4 aliphatic carbocycles. The van der Waals surface area contributed by atoms with Gasteiger partial charge in [-0.1, -0.05) is 47.4 Å². The minimum Gasteiger partial charge on any atom is -0.476 e. The molecule has 1 amide bonds. The van der Waals surface area contributed by atoms with E-state index in [0.29, 0.717) is 35.2 Å². The van der Waals surface area contributed by atoms with E-state index in [0.717, 1.165) is 61.7 Å². The molecule has 0 saturated heterocycles. The van der Waals surface area contributed by atoms with Crippen molar-refractivity contribution in [3.8, 4) is 11.1 Å². The number of aromatic carboxylic acids is 1. The molecule has 8 nitrogen and oxygen atoms in total. The van der Waals surface area contributed by atoms with Gasteiger partial charge in [0.1, 0.15) is 10.8 Å². The van der Waals surface area contributed by atoms with Crippen LogP contribution in [-0.4, -0.2) is 43.2 Å². The number of carbonyl (C=O) groups is 2. The molecule has 0 atom stereocenters. The summed E-state index contributed by atoms with van der Waals surface area (Å²) in [4.78, 5) is 42.5. The molecule has 10 heteroatoms. The Balaban J connectivity index is 0.984. The lowest BCUT2D eigenvalue weighted by Crippen LogP contribution is -2.48. The molecule has 248 valence electrons. The zero-order chi connectivity index (χ0) is 33.3. The first kappa shape index (κ1) is 30.8. The lowest BCUT2D eigenvalue weighted by molar-refractivity contribution is 0.0383. The summed E-state index contributed by atoms with van der Waals surface area (Å²) in [5.74, 6) is 1.87. The number of hydrogen-bond donors (Lipinski definition) is 2. The first-order chi connectivity index (χ1) is 23.8. The summed E-state index contributed by atoms with van der Waals surface area (Å²) in [6, 6.07) is 19.4. The Hall–Kier alpha value is -4.28. The lowest BCUT2D eigenvalue weighted by Gasteiger charge is -2.56. The van der Waals surface area contributed by atoms with Gasteiger partial charge in [0.25, 0.3) is 5.91 Å². The maximum Gasteiger partial charge on any atom is 0.355 e. The van der Waals surface area contributed by atoms with Crippen LogP contribution < -0.4 is 10.2 Å². The second-order valence-corrected chi connectivity index (χ2v) is 16.9. The molecule has 5 aromatic rings. The quantitative estimate of drug-likeness (QED) is 0.175. The number of aromatic nitrogens is 3. The Labute approximate surface area is 293 Å². The van der Waals surface area contributed by atoms with Crippen LogP contribution in [0, 0.1) is 24.7 Å². The van der Waals surface area contributed by atoms with Crippen molar-refractivity contribution in [3.05, 3.63) is 94.8 Å². The van der Waals surface area contributed by atoms with Gasteiger partial charge in [-0.2, -0.15) is 0 Å². The van der Waals surface area contributed by atoms with Gasteiger partial charge in [-0.3, -0.25) is 10.1 Å². The molecule has 5 aliphatic rings. The SMILES string of the molecule is Cc1c(-c2ccc(N3CCc4cccc(C(=O)Nc5nc6ccccc6s5)c4C3)nc2C(=O)O)ccnc1SC12CC3CC(CC(C3)C1)C2. The second kappa shape index (κ2) is 11.9. The molecule has 10 rings (SSSR count). The number of thiazole rings is 1. The number of fused-ring (bicyclic) bond motifs is 2. The Morgan fingerprint density at radius 1 is 0.939 bits per heavy atom. The van der Waals surface area contributed by atoms with E-state index in [4.69, 9.17) is 9.97 Å². The largest absolute Gasteiger partial charge is 0.476 e. The summed E-state index contributed by atoms with van der Waals surface area (Å²) in [7, 11) is 0. The van der Waals surface area contributed by atoms with Gasteiger partial charge < -0.3 is 10.0 Å². The first-order valence-corrected chi connectivity index (χ1v) is 18.9. The molecule has 3 aromatic heterocycles. The third-order valence-corrected chi connectivity index (χ3v) is 13.7. The molecular weight excluding hydrogens is 651 g/mol. The zero-order valence-corrected chi connectivity index (χ0v) is 28.9. The van der Waals surface area contributed by atoms with Crippen LogP contribution in [-0.2, 0) is 13.0 Å². The van der Waals surface area contributed by atoms with Gasteiger partial charge in [0.15, 0.2) is 10.8 Å². The zero-order valence-electron chi connectivity index (χ0n) is 27.3. The predicted octanol–water partition coefficient (Wildman–Crippen LogP) is 8.64. The Bertz CT molecular complexity index is 2080. The van der Waals surface area contributed by atoms with Crippen LogP contribution in [0.1, 0.15) is 76.1 Å². The summed E-state index contributed by atoms with van der Waals surface area (Å²) < 4.78 is 1.28. The van der Waals surface area contributed by atoms with E-state index in [1.54, 1.807) is 0 Å². The summed E-state index contributed by atoms with van der Waals surface area (Å²) in [6.07, 6.45) is 10.6. The molecule has 0 radical (unpaired) electrons. The van der Waals surface area contributed by atoms with Crippen molar-refractivity contribution in [3.63, 3.8) is 0 Å². The van der Waals surface area contributed by atoms with Crippen molar-refractivity contribution in [1.82, 2.24) is 15.0 Å². The van der Waals surface area contributed by atoms with Crippen LogP contribution in [0.4, 0.5) is 10.9 Å². The number of hydrogen-bond acceptors (Lipinski definition) is 8. The van der Waals surface area contributed by atoms with Gasteiger partial charge in [-0.15, -0.1) is 0 Å². The molecule has 2 N–H and O–H groups in total. The van der Waals surface area contributed by atoms with Crippen molar-refractivity contribution in [2.75, 3.05) is 16.8 Å². The van der Waals surface area contributed by atoms with Crippen molar-refractivity contribution in [1.29, 1.82) is 0 Å². The van der Waals surface area contributed by atoms with Crippen LogP contribution >= 0.6 is 23.1 Å². The number of carbonyl (C=O) groups excluding carboxylic acids is 1. The fourth-order valence-corrected chi connectivity index (χ4v) is 12.0. The molecule has 1 aliphatic heterocycles. The molecular formula is C39H37N5O3S2. The Morgan fingerprint density at radius 3 is 2.47 bits per heavy atom. The number of thioether (sulfide) groups is 1. The van der Waals surface area contributed by atoms with E-state index in [2.05, 4.69) is 28.2 Å². The number of carboxylic acids is 1. The molecule has 2 aromatic carbocycles. The second-order valence-electron chi connectivity index (χ2n) is 14.4. The van der Waals surface area contributed by atoms with Crippen molar-refractivity contribution < 1.29 is 14.7 Å². The maximum absolute atomic E-state index is 13.5. The van der Waals surface area contributed by atoms with E-state index >= 15 is 0 Å². The fourth-order valence-electron chi connectivity index (χ4n) is 9.36. The topological polar surface area (TPSA) is 108 Å². The number of benzene rings is 2. The van der Waals surface area contributed by atoms with Gasteiger partial charge in [0, 0.05) is 35.2 Å². The van der Waals surface area contributed by atoms with Crippen LogP contribution in [0.15, 0.2) is 71.9 Å². The van der Waals surface area contributed by atoms with Gasteiger partial charge in [0.05, 0.1) is 10.2 Å². The number of amides is 1. The number of nitrogens with one attached hydrogen (secondary N) is 1. The monoisotopic (exact) mass is 687 g/mol. The van der Waals surface area contributed by atoms with Crippen molar-refractivity contribution in [2.45, 2.75) is 68.2 Å². The first-order valence-electron chi connectivity index (χ1n) is 17.2. The minimum atomic E-state index is -1.06. The van der Waals surface area contributed by atoms with Crippen molar-refractivity contribution in [2.24, 2.45) is 17.8 Å². The molecule has 0 spiro atoms. The third-order valence-electron chi connectivity index (χ3n) is 11.2. The Morgan fingerprint density at radius 2 is 1.71 bits per heavy atom. The smallest absolute Gasteiger partial charge is 0.355 e. The standard InChI is InChI=1S/C39H37N5O3S2/c1-22-27(11-13-40-36(22)49-39-18-23-15-24(19-39)17-25(16-23)20-39)28-9-10-33(42-34(28)37(46)47)44-14-12-26-5-4-6-29(30(26)21-44)35(45)43-38-41-31-7-2-3-8-32(31)48-38/h2-11,13,23-25H,12,14-21H2,1H3,(H,46,47)(H,41,43,45). The van der Waals surface area contributed by atoms with E-state index in [1.165, 1.54) is 49.9 Å². The molecule has 4 bridgehead atoms. The van der Waals surface area contributed by atoms with Crippen molar-refractivity contribution >= 4 is 56.1 Å². The van der Waals surface area contributed by atoms with E-state index in [1.807, 2.05) is 72.6 Å². The van der Waals surface area contributed by atoms with E-state index in [-0.39, 0.29) is 16.3 Å². The number of para-hydroxylation sites is 1. The number of anilines is 2. The molecule has 4 heterocycles. The van der Waals surface area contributed by atoms with Crippen LogP contribution in [0.3, 0.4) is 0 Å². The summed E-state index contributed by atoms with van der Waals surface area (Å²) >= 11 is 3.40. The molecule has 4 saturated carbocycles. The van der Waals surface area contributed by atoms with Gasteiger partial charge in [-0.05, 0) is 128 Å². The molecule has 4 fully saturated rings. The number of rotatable bonds is 7. The number of carboxylic acid groups (broad SMARTS) is 1. The van der Waals surface area contributed by atoms with Gasteiger partial charge in [-0.25, -0.2) is 19.7 Å². The molecule has 0 unspecified atom stereocenters. The molecule has 49 heavy (non-hydrogen) atoms. The minimum absolute atomic E-state index is 0.0326. The number of pyridine rings is 2. The highest BCUT2D eigenvalue weighted by Crippen LogP contribution is 2.62. The normalized spacial score (nSPS) is 23.9. The van der Waals surface area contributed by atoms with E-state index in [9.17, 15) is 14.7 Å². The highest BCUT2D eigenvalue weighted by molar-refractivity contribution is 8.00. The van der Waals surface area contributed by atoms with Gasteiger partial charge >= 0.3 is 5.97 Å². The van der Waals surface area contributed by atoms with Crippen LogP contribution in [0.5, 0.6) is 0 Å². The lowest BCUT2D eigenvalue weighted by atomic mass is 9.56. The fraction of sp³-hybridized carbons (Fsp3) is 0.359. The average Bonchev–Trinajstić information content (AvgIpc) is 3.50. The van der Waals surface area contributed by atoms with Crippen LogP contribution in [0.2, 0.25) is 0 Å². The number of nitrogens with zero attached hydrogens (tertiary/aromatic N) is 4. The average molecular weight is 688 g/mol. The highest BCUT2D eigenvalue weighted by Gasteiger charge is 2.51. The third kappa shape index (κ3) is 5.59. The maximum atomic E-state index is 13.5. The summed E-state index contributed by atoms with van der Waals surface area (Å²) in [5, 5.41) is 15.0. The summed E-state index contributed by atoms with van der Waals surface area (Å²) in [5.41, 5.74) is 6.01.